The molecule has 0 aromatic carbocycles. The van der Waals surface area contributed by atoms with Crippen LogP contribution < -0.4 is 5.73 Å². The van der Waals surface area contributed by atoms with Gasteiger partial charge in [-0.15, -0.1) is 0 Å². The smallest absolute Gasteiger partial charge is 0.0949 e. The maximum atomic E-state index is 5.92. The minimum atomic E-state index is 0.216. The van der Waals surface area contributed by atoms with Gasteiger partial charge in [0.1, 0.15) is 0 Å². The lowest BCUT2D eigenvalue weighted by Gasteiger charge is -2.05. The molecule has 2 heterocycles. The largest absolute Gasteiger partial charge is 0.337 e. The number of rotatable bonds is 6. The lowest BCUT2D eigenvalue weighted by atomic mass is 10.1. The SMILES string of the molecule is CCC(N)Cc1cn(CCc2ccncc2)cn1. The molecule has 0 amide bonds. The van der Waals surface area contributed by atoms with Crippen molar-refractivity contribution in [3.8, 4) is 0 Å². The van der Waals surface area contributed by atoms with Crippen LogP contribution in [0.2, 0.25) is 0 Å². The number of aromatic nitrogens is 3. The molecule has 0 aliphatic carbocycles. The second-order valence-corrected chi connectivity index (χ2v) is 4.58. The van der Waals surface area contributed by atoms with Gasteiger partial charge < -0.3 is 10.3 Å². The Balaban J connectivity index is 1.87. The van der Waals surface area contributed by atoms with Crippen LogP contribution in [0.15, 0.2) is 37.1 Å². The number of pyridine rings is 1. The lowest BCUT2D eigenvalue weighted by molar-refractivity contribution is 0.636. The van der Waals surface area contributed by atoms with Crippen LogP contribution in [0.25, 0.3) is 0 Å². The van der Waals surface area contributed by atoms with Crippen molar-refractivity contribution in [3.63, 3.8) is 0 Å². The predicted octanol–water partition coefficient (Wildman–Crippen LogP) is 1.80. The summed E-state index contributed by atoms with van der Waals surface area (Å²) in [5, 5.41) is 0. The first-order valence-corrected chi connectivity index (χ1v) is 6.43. The first-order valence-electron chi connectivity index (χ1n) is 6.43. The fourth-order valence-electron chi connectivity index (χ4n) is 1.85. The maximum Gasteiger partial charge on any atom is 0.0949 e. The van der Waals surface area contributed by atoms with Crippen LogP contribution in [0, 0.1) is 0 Å². The molecule has 0 saturated heterocycles. The van der Waals surface area contributed by atoms with Crippen LogP contribution in [0.1, 0.15) is 24.6 Å². The number of nitrogens with two attached hydrogens (primary N) is 1. The molecular weight excluding hydrogens is 224 g/mol. The molecule has 0 aliphatic heterocycles. The zero-order valence-electron chi connectivity index (χ0n) is 10.8. The molecule has 2 N–H and O–H groups in total. The zero-order chi connectivity index (χ0) is 12.8. The van der Waals surface area contributed by atoms with E-state index in [1.54, 1.807) is 0 Å². The van der Waals surface area contributed by atoms with E-state index in [1.165, 1.54) is 5.56 Å². The van der Waals surface area contributed by atoms with Gasteiger partial charge in [-0.2, -0.15) is 0 Å². The third kappa shape index (κ3) is 3.67. The summed E-state index contributed by atoms with van der Waals surface area (Å²) in [5.74, 6) is 0. The van der Waals surface area contributed by atoms with Gasteiger partial charge in [0.15, 0.2) is 0 Å². The summed E-state index contributed by atoms with van der Waals surface area (Å²) in [6, 6.07) is 4.31. The Morgan fingerprint density at radius 1 is 1.33 bits per heavy atom. The van der Waals surface area contributed by atoms with E-state index >= 15 is 0 Å². The Kier molecular flexibility index (Phi) is 4.47. The Morgan fingerprint density at radius 2 is 2.11 bits per heavy atom. The van der Waals surface area contributed by atoms with Crippen LogP contribution in [-0.4, -0.2) is 20.6 Å². The molecule has 1 atom stereocenters. The average molecular weight is 244 g/mol. The van der Waals surface area contributed by atoms with Crippen molar-refractivity contribution >= 4 is 0 Å². The summed E-state index contributed by atoms with van der Waals surface area (Å²) in [6.07, 6.45) is 10.5. The molecule has 0 radical (unpaired) electrons. The van der Waals surface area contributed by atoms with Gasteiger partial charge in [0.25, 0.3) is 0 Å². The number of nitrogens with zero attached hydrogens (tertiary/aromatic N) is 3. The Labute approximate surface area is 108 Å². The summed E-state index contributed by atoms with van der Waals surface area (Å²) in [5.41, 5.74) is 8.30. The highest BCUT2D eigenvalue weighted by Crippen LogP contribution is 2.04. The van der Waals surface area contributed by atoms with E-state index in [4.69, 9.17) is 5.73 Å². The number of hydrogen-bond acceptors (Lipinski definition) is 3. The van der Waals surface area contributed by atoms with E-state index in [0.717, 1.165) is 31.5 Å². The van der Waals surface area contributed by atoms with Gasteiger partial charge in [-0.3, -0.25) is 4.98 Å². The van der Waals surface area contributed by atoms with Crippen molar-refractivity contribution in [2.75, 3.05) is 0 Å². The second kappa shape index (κ2) is 6.31. The topological polar surface area (TPSA) is 56.7 Å². The number of imidazole rings is 1. The molecule has 18 heavy (non-hydrogen) atoms. The van der Waals surface area contributed by atoms with Gasteiger partial charge in [0, 0.05) is 37.6 Å². The van der Waals surface area contributed by atoms with E-state index in [9.17, 15) is 0 Å². The zero-order valence-corrected chi connectivity index (χ0v) is 10.8. The fourth-order valence-corrected chi connectivity index (χ4v) is 1.85. The summed E-state index contributed by atoms with van der Waals surface area (Å²) in [6.45, 7) is 3.05. The van der Waals surface area contributed by atoms with E-state index in [-0.39, 0.29) is 6.04 Å². The minimum absolute atomic E-state index is 0.216. The molecule has 0 aliphatic rings. The Hall–Kier alpha value is -1.68. The van der Waals surface area contributed by atoms with Gasteiger partial charge >= 0.3 is 0 Å². The van der Waals surface area contributed by atoms with Gasteiger partial charge in [-0.1, -0.05) is 6.92 Å². The molecule has 96 valence electrons. The summed E-state index contributed by atoms with van der Waals surface area (Å²) in [4.78, 5) is 8.40. The summed E-state index contributed by atoms with van der Waals surface area (Å²) >= 11 is 0. The molecule has 0 fully saturated rings. The highest BCUT2D eigenvalue weighted by molar-refractivity contribution is 5.10. The van der Waals surface area contributed by atoms with Crippen molar-refractivity contribution < 1.29 is 0 Å². The molecule has 2 aromatic rings. The van der Waals surface area contributed by atoms with Crippen molar-refractivity contribution in [1.29, 1.82) is 0 Å². The molecule has 4 nitrogen and oxygen atoms in total. The van der Waals surface area contributed by atoms with Crippen LogP contribution >= 0.6 is 0 Å². The lowest BCUT2D eigenvalue weighted by Crippen LogP contribution is -2.21. The van der Waals surface area contributed by atoms with Crippen molar-refractivity contribution in [2.45, 2.75) is 38.8 Å². The molecule has 1 unspecified atom stereocenters. The van der Waals surface area contributed by atoms with E-state index in [0.29, 0.717) is 0 Å². The molecule has 4 heteroatoms. The normalized spacial score (nSPS) is 12.6. The van der Waals surface area contributed by atoms with Gasteiger partial charge in [0.2, 0.25) is 0 Å². The van der Waals surface area contributed by atoms with E-state index in [1.807, 2.05) is 30.9 Å². The maximum absolute atomic E-state index is 5.92. The van der Waals surface area contributed by atoms with Gasteiger partial charge in [-0.05, 0) is 30.5 Å². The Morgan fingerprint density at radius 3 is 2.83 bits per heavy atom. The predicted molar refractivity (Wildman–Crippen MR) is 72.1 cm³/mol. The van der Waals surface area contributed by atoms with Crippen LogP contribution in [-0.2, 0) is 19.4 Å². The van der Waals surface area contributed by atoms with E-state index < -0.39 is 0 Å². The van der Waals surface area contributed by atoms with Crippen LogP contribution in [0.5, 0.6) is 0 Å². The fraction of sp³-hybridized carbons (Fsp3) is 0.429. The third-order valence-electron chi connectivity index (χ3n) is 3.09. The van der Waals surface area contributed by atoms with E-state index in [2.05, 4.69) is 27.7 Å². The van der Waals surface area contributed by atoms with Gasteiger partial charge in [-0.25, -0.2) is 4.98 Å². The number of hydrogen-bond donors (Lipinski definition) is 1. The second-order valence-electron chi connectivity index (χ2n) is 4.58. The standard InChI is InChI=1S/C14H20N4/c1-2-13(15)9-14-10-18(11-17-14)8-5-12-3-6-16-7-4-12/h3-4,6-7,10-11,13H,2,5,8-9,15H2,1H3. The molecule has 2 rings (SSSR count). The quantitative estimate of drug-likeness (QED) is 0.843. The van der Waals surface area contributed by atoms with Crippen molar-refractivity contribution in [3.05, 3.63) is 48.3 Å². The summed E-state index contributed by atoms with van der Waals surface area (Å²) in [7, 11) is 0. The highest BCUT2D eigenvalue weighted by atomic mass is 15.0. The Bertz CT molecular complexity index is 464. The minimum Gasteiger partial charge on any atom is -0.337 e. The molecule has 0 spiro atoms. The number of aryl methyl sites for hydroxylation is 2. The molecule has 0 saturated carbocycles. The first kappa shape index (κ1) is 12.8. The van der Waals surface area contributed by atoms with Crippen LogP contribution in [0.4, 0.5) is 0 Å². The van der Waals surface area contributed by atoms with Gasteiger partial charge in [0.05, 0.1) is 12.0 Å². The molecule has 2 aromatic heterocycles. The first-order chi connectivity index (χ1) is 8.78. The molecule has 0 bridgehead atoms. The summed E-state index contributed by atoms with van der Waals surface area (Å²) < 4.78 is 2.12. The van der Waals surface area contributed by atoms with Crippen LogP contribution in [0.3, 0.4) is 0 Å². The third-order valence-corrected chi connectivity index (χ3v) is 3.09. The highest BCUT2D eigenvalue weighted by Gasteiger charge is 2.04. The average Bonchev–Trinajstić information content (AvgIpc) is 2.85. The van der Waals surface area contributed by atoms with Crippen molar-refractivity contribution in [2.24, 2.45) is 5.73 Å². The monoisotopic (exact) mass is 244 g/mol. The molecular formula is C14H20N4. The van der Waals surface area contributed by atoms with Crippen molar-refractivity contribution in [1.82, 2.24) is 14.5 Å².